The molecule has 2 fully saturated rings. The molecular formula is C21H29NO5. The number of aryl methyl sites for hydroxylation is 1. The SMILES string of the molecule is Cc1ccc(CNC(=O)C2CCCC(C(=O)O)C2)c(OCC2CCCO2)c1. The Kier molecular flexibility index (Phi) is 6.72. The van der Waals surface area contributed by atoms with E-state index in [0.29, 0.717) is 26.0 Å². The normalized spacial score (nSPS) is 25.1. The molecule has 2 aliphatic rings. The first-order valence-corrected chi connectivity index (χ1v) is 9.87. The molecule has 1 heterocycles. The zero-order valence-corrected chi connectivity index (χ0v) is 15.9. The zero-order valence-electron chi connectivity index (χ0n) is 15.9. The second-order valence-corrected chi connectivity index (χ2v) is 7.67. The Bertz CT molecular complexity index is 669. The lowest BCUT2D eigenvalue weighted by atomic mass is 9.81. The maximum atomic E-state index is 12.5. The first kappa shape index (κ1) is 19.7. The van der Waals surface area contributed by atoms with Crippen LogP contribution in [0.4, 0.5) is 0 Å². The Morgan fingerprint density at radius 2 is 2.04 bits per heavy atom. The maximum absolute atomic E-state index is 12.5. The number of amides is 1. The van der Waals surface area contributed by atoms with Crippen LogP contribution in [-0.4, -0.2) is 36.3 Å². The molecule has 1 saturated carbocycles. The van der Waals surface area contributed by atoms with Crippen molar-refractivity contribution in [2.45, 2.75) is 58.1 Å². The van der Waals surface area contributed by atoms with Gasteiger partial charge in [0, 0.05) is 24.6 Å². The standard InChI is InChI=1S/C21H29NO5/c1-14-7-8-17(19(10-14)27-13-18-6-3-9-26-18)12-22-20(23)15-4-2-5-16(11-15)21(24)25/h7-8,10,15-16,18H,2-6,9,11-13H2,1H3,(H,22,23)(H,24,25). The number of nitrogens with one attached hydrogen (secondary N) is 1. The number of aliphatic carboxylic acids is 1. The van der Waals surface area contributed by atoms with E-state index in [1.807, 2.05) is 25.1 Å². The summed E-state index contributed by atoms with van der Waals surface area (Å²) in [6.45, 7) is 3.71. The van der Waals surface area contributed by atoms with Crippen LogP contribution < -0.4 is 10.1 Å². The van der Waals surface area contributed by atoms with E-state index in [-0.39, 0.29) is 17.9 Å². The smallest absolute Gasteiger partial charge is 0.306 e. The predicted molar refractivity (Wildman–Crippen MR) is 101 cm³/mol. The van der Waals surface area contributed by atoms with Crippen LogP contribution in [0.3, 0.4) is 0 Å². The monoisotopic (exact) mass is 375 g/mol. The number of carboxylic acid groups (broad SMARTS) is 1. The second kappa shape index (κ2) is 9.22. The zero-order chi connectivity index (χ0) is 19.2. The van der Waals surface area contributed by atoms with E-state index in [1.165, 1.54) is 0 Å². The Balaban J connectivity index is 1.56. The van der Waals surface area contributed by atoms with Gasteiger partial charge in [0.2, 0.25) is 5.91 Å². The van der Waals surface area contributed by atoms with Crippen LogP contribution in [-0.2, 0) is 20.9 Å². The molecule has 1 saturated heterocycles. The minimum absolute atomic E-state index is 0.0633. The molecule has 6 heteroatoms. The van der Waals surface area contributed by atoms with Crippen molar-refractivity contribution in [3.05, 3.63) is 29.3 Å². The van der Waals surface area contributed by atoms with Crippen molar-refractivity contribution in [2.24, 2.45) is 11.8 Å². The number of hydrogen-bond acceptors (Lipinski definition) is 4. The van der Waals surface area contributed by atoms with E-state index < -0.39 is 11.9 Å². The lowest BCUT2D eigenvalue weighted by Gasteiger charge is -2.26. The molecule has 27 heavy (non-hydrogen) atoms. The summed E-state index contributed by atoms with van der Waals surface area (Å²) >= 11 is 0. The molecule has 0 spiro atoms. The molecule has 1 amide bonds. The van der Waals surface area contributed by atoms with Crippen LogP contribution in [0, 0.1) is 18.8 Å². The highest BCUT2D eigenvalue weighted by Gasteiger charge is 2.31. The van der Waals surface area contributed by atoms with Gasteiger partial charge in [0.05, 0.1) is 12.0 Å². The first-order chi connectivity index (χ1) is 13.0. The van der Waals surface area contributed by atoms with E-state index in [4.69, 9.17) is 9.47 Å². The predicted octanol–water partition coefficient (Wildman–Crippen LogP) is 3.06. The molecular weight excluding hydrogens is 346 g/mol. The lowest BCUT2D eigenvalue weighted by molar-refractivity contribution is -0.144. The molecule has 0 bridgehead atoms. The highest BCUT2D eigenvalue weighted by atomic mass is 16.5. The summed E-state index contributed by atoms with van der Waals surface area (Å²) in [5.74, 6) is -0.707. The lowest BCUT2D eigenvalue weighted by Crippen LogP contribution is -2.35. The number of benzene rings is 1. The molecule has 148 valence electrons. The van der Waals surface area contributed by atoms with Crippen molar-refractivity contribution in [3.63, 3.8) is 0 Å². The van der Waals surface area contributed by atoms with Gasteiger partial charge < -0.3 is 19.9 Å². The number of carboxylic acids is 1. The molecule has 2 N–H and O–H groups in total. The molecule has 1 aromatic rings. The molecule has 3 unspecified atom stereocenters. The van der Waals surface area contributed by atoms with Gasteiger partial charge in [-0.25, -0.2) is 0 Å². The third-order valence-electron chi connectivity index (χ3n) is 5.52. The van der Waals surface area contributed by atoms with Gasteiger partial charge in [-0.2, -0.15) is 0 Å². The fraction of sp³-hybridized carbons (Fsp3) is 0.619. The van der Waals surface area contributed by atoms with Gasteiger partial charge in [-0.1, -0.05) is 18.6 Å². The summed E-state index contributed by atoms with van der Waals surface area (Å²) in [6, 6.07) is 5.96. The molecule has 1 aliphatic carbocycles. The minimum atomic E-state index is -0.796. The van der Waals surface area contributed by atoms with E-state index >= 15 is 0 Å². The summed E-state index contributed by atoms with van der Waals surface area (Å²) < 4.78 is 11.6. The van der Waals surface area contributed by atoms with Crippen LogP contribution >= 0.6 is 0 Å². The van der Waals surface area contributed by atoms with Crippen molar-refractivity contribution in [1.82, 2.24) is 5.32 Å². The Morgan fingerprint density at radius 3 is 2.78 bits per heavy atom. The summed E-state index contributed by atoms with van der Waals surface area (Å²) in [4.78, 5) is 23.7. The van der Waals surface area contributed by atoms with Crippen molar-refractivity contribution >= 4 is 11.9 Å². The number of hydrogen-bond donors (Lipinski definition) is 2. The van der Waals surface area contributed by atoms with Gasteiger partial charge in [-0.05, 0) is 50.7 Å². The summed E-state index contributed by atoms with van der Waals surface area (Å²) in [5, 5.41) is 12.2. The average molecular weight is 375 g/mol. The third-order valence-corrected chi connectivity index (χ3v) is 5.52. The molecule has 6 nitrogen and oxygen atoms in total. The Labute approximate surface area is 160 Å². The van der Waals surface area contributed by atoms with Gasteiger partial charge in [0.1, 0.15) is 12.4 Å². The molecule has 3 atom stereocenters. The molecule has 1 aliphatic heterocycles. The van der Waals surface area contributed by atoms with E-state index in [9.17, 15) is 14.7 Å². The summed E-state index contributed by atoms with van der Waals surface area (Å²) in [7, 11) is 0. The van der Waals surface area contributed by atoms with Crippen molar-refractivity contribution < 1.29 is 24.2 Å². The van der Waals surface area contributed by atoms with Gasteiger partial charge in [-0.15, -0.1) is 0 Å². The summed E-state index contributed by atoms with van der Waals surface area (Å²) in [5.41, 5.74) is 2.03. The van der Waals surface area contributed by atoms with E-state index in [0.717, 1.165) is 49.2 Å². The second-order valence-electron chi connectivity index (χ2n) is 7.67. The maximum Gasteiger partial charge on any atom is 0.306 e. The topological polar surface area (TPSA) is 84.9 Å². The fourth-order valence-corrected chi connectivity index (χ4v) is 3.88. The van der Waals surface area contributed by atoms with Crippen molar-refractivity contribution in [1.29, 1.82) is 0 Å². The van der Waals surface area contributed by atoms with Crippen molar-refractivity contribution in [3.8, 4) is 5.75 Å². The van der Waals surface area contributed by atoms with E-state index in [2.05, 4.69) is 5.32 Å². The van der Waals surface area contributed by atoms with Gasteiger partial charge in [0.15, 0.2) is 0 Å². The number of ether oxygens (including phenoxy) is 2. The minimum Gasteiger partial charge on any atom is -0.491 e. The molecule has 0 aromatic heterocycles. The molecule has 1 aromatic carbocycles. The summed E-state index contributed by atoms with van der Waals surface area (Å²) in [6.07, 6.45) is 4.87. The Morgan fingerprint density at radius 1 is 1.22 bits per heavy atom. The van der Waals surface area contributed by atoms with Crippen molar-refractivity contribution in [2.75, 3.05) is 13.2 Å². The van der Waals surface area contributed by atoms with Gasteiger partial charge in [0.25, 0.3) is 0 Å². The number of carbonyl (C=O) groups is 2. The quantitative estimate of drug-likeness (QED) is 0.765. The van der Waals surface area contributed by atoms with Crippen LogP contribution in [0.5, 0.6) is 5.75 Å². The largest absolute Gasteiger partial charge is 0.491 e. The average Bonchev–Trinajstić information content (AvgIpc) is 3.19. The van der Waals surface area contributed by atoms with Crippen LogP contribution in [0.1, 0.15) is 49.7 Å². The van der Waals surface area contributed by atoms with Crippen LogP contribution in [0.25, 0.3) is 0 Å². The van der Waals surface area contributed by atoms with Crippen LogP contribution in [0.2, 0.25) is 0 Å². The van der Waals surface area contributed by atoms with E-state index in [1.54, 1.807) is 0 Å². The third kappa shape index (κ3) is 5.45. The number of carbonyl (C=O) groups excluding carboxylic acids is 1. The Hall–Kier alpha value is -2.08. The number of rotatable bonds is 7. The first-order valence-electron chi connectivity index (χ1n) is 9.87. The molecule has 3 rings (SSSR count). The fourth-order valence-electron chi connectivity index (χ4n) is 3.88. The van der Waals surface area contributed by atoms with Gasteiger partial charge >= 0.3 is 5.97 Å². The van der Waals surface area contributed by atoms with Gasteiger partial charge in [-0.3, -0.25) is 9.59 Å². The highest BCUT2D eigenvalue weighted by molar-refractivity contribution is 5.80. The highest BCUT2D eigenvalue weighted by Crippen LogP contribution is 2.29. The molecule has 0 radical (unpaired) electrons. The van der Waals surface area contributed by atoms with Crippen LogP contribution in [0.15, 0.2) is 18.2 Å².